The third kappa shape index (κ3) is 12.2. The molecule has 0 aromatic carbocycles. The molecule has 8 N–H and O–H groups in total. The van der Waals surface area contributed by atoms with Crippen LogP contribution in [0.4, 0.5) is 5.69 Å². The maximum atomic E-state index is 12.6. The van der Waals surface area contributed by atoms with Crippen LogP contribution < -0.4 is 16.4 Å². The lowest BCUT2D eigenvalue weighted by Crippen LogP contribution is -2.46. The van der Waals surface area contributed by atoms with Gasteiger partial charge < -0.3 is 41.1 Å². The molecule has 3 rings (SSSR count). The lowest BCUT2D eigenvalue weighted by atomic mass is 9.87. The zero-order chi connectivity index (χ0) is 38.1. The van der Waals surface area contributed by atoms with Crippen molar-refractivity contribution >= 4 is 69.9 Å². The highest BCUT2D eigenvalue weighted by Crippen LogP contribution is 2.61. The number of ether oxygens (including phenoxy) is 1. The first-order valence-electron chi connectivity index (χ1n) is 14.9. The van der Waals surface area contributed by atoms with Crippen LogP contribution in [0.25, 0.3) is 11.2 Å². The fraction of sp³-hybridized carbons (Fsp3) is 0.577. The van der Waals surface area contributed by atoms with E-state index in [1.165, 1.54) is 37.0 Å². The summed E-state index contributed by atoms with van der Waals surface area (Å²) in [4.78, 5) is 64.5. The number of fused-ring (bicyclic) bond motifs is 1. The minimum Gasteiger partial charge on any atom is -0.397 e. The molecule has 0 aliphatic carbocycles. The molecule has 2 aromatic heterocycles. The monoisotopic (exact) mass is 800 g/mol. The van der Waals surface area contributed by atoms with Crippen LogP contribution in [0, 0.1) is 5.41 Å². The summed E-state index contributed by atoms with van der Waals surface area (Å²) in [7, 11) is -11.7. The summed E-state index contributed by atoms with van der Waals surface area (Å²) in [5.41, 5.74) is 5.49. The maximum absolute atomic E-state index is 12.6. The third-order valence-corrected chi connectivity index (χ3v) is 11.0. The van der Waals surface area contributed by atoms with Crippen molar-refractivity contribution in [2.24, 2.45) is 5.41 Å². The second kappa shape index (κ2) is 18.4. The number of amides is 2. The predicted molar refractivity (Wildman–Crippen MR) is 180 cm³/mol. The smallest absolute Gasteiger partial charge is 0.397 e. The molecule has 51 heavy (non-hydrogen) atoms. The number of nitrogens with two attached hydrogens (primary N) is 1. The SMILES string of the molecule is C=C(C)C(=O)SCCNC(=O)CCNC(=O)C(O)C(C)(C)COP(=O)(O)OP(=O)(O)OC[C@H]1O[C@@H](n2cnc3c(N)ccnc32)[C@H](O)[C@@H]1OP=O. The number of carbonyl (C=O) groups is 3. The number of aliphatic hydroxyl groups excluding tert-OH is 2. The summed E-state index contributed by atoms with van der Waals surface area (Å²) < 4.78 is 62.3. The standard InChI is InChI=1S/C26H39N6O15P3S/c1-14(2)25(37)51-10-9-28-17(33)6-8-30-23(36)21(35)26(3,4)12-44-50(41,42)47-49(39,40)43-11-16-20(46-48-38)19(34)24(45-16)32-13-31-18-15(27)5-7-29-22(18)32/h5,7,13,16,19-21,24,34-35H,1,6,8-12H2,2-4H3,(H2,27,29)(H,28,33)(H,30,36)(H,39,40)(H,41,42)/t16-,19-,20-,21?,24-/m1/s1. The van der Waals surface area contributed by atoms with Crippen LogP contribution in [0.1, 0.15) is 33.4 Å². The van der Waals surface area contributed by atoms with Gasteiger partial charge in [0.25, 0.3) is 0 Å². The summed E-state index contributed by atoms with van der Waals surface area (Å²) >= 11 is 0.994. The van der Waals surface area contributed by atoms with E-state index in [0.29, 0.717) is 11.3 Å². The molecule has 0 saturated carbocycles. The molecule has 2 amide bonds. The number of thioether (sulfide) groups is 1. The molecule has 1 saturated heterocycles. The number of anilines is 1. The average molecular weight is 801 g/mol. The van der Waals surface area contributed by atoms with Crippen LogP contribution >= 0.6 is 36.1 Å². The van der Waals surface area contributed by atoms with Crippen molar-refractivity contribution < 1.29 is 70.7 Å². The fourth-order valence-electron chi connectivity index (χ4n) is 4.37. The zero-order valence-corrected chi connectivity index (χ0v) is 31.0. The highest BCUT2D eigenvalue weighted by molar-refractivity contribution is 8.14. The normalized spacial score (nSPS) is 22.3. The Hall–Kier alpha value is -2.68. The van der Waals surface area contributed by atoms with E-state index >= 15 is 0 Å². The molecule has 3 heterocycles. The number of rotatable bonds is 20. The van der Waals surface area contributed by atoms with Gasteiger partial charge in [-0.05, 0) is 18.6 Å². The van der Waals surface area contributed by atoms with E-state index < -0.39 is 85.4 Å². The van der Waals surface area contributed by atoms with Crippen molar-refractivity contribution in [3.05, 3.63) is 30.7 Å². The van der Waals surface area contributed by atoms with Gasteiger partial charge in [0.2, 0.25) is 16.9 Å². The number of hydrogen-bond donors (Lipinski definition) is 7. The van der Waals surface area contributed by atoms with Crippen LogP contribution in [0.15, 0.2) is 30.7 Å². The molecule has 25 heteroatoms. The lowest BCUT2D eigenvalue weighted by molar-refractivity contribution is -0.137. The Morgan fingerprint density at radius 3 is 2.55 bits per heavy atom. The third-order valence-electron chi connectivity index (χ3n) is 7.09. The summed E-state index contributed by atoms with van der Waals surface area (Å²) in [6.45, 7) is 5.96. The van der Waals surface area contributed by atoms with Crippen LogP contribution in [0.2, 0.25) is 0 Å². The first kappa shape index (κ1) is 42.7. The Kier molecular flexibility index (Phi) is 15.4. The van der Waals surface area contributed by atoms with E-state index in [9.17, 15) is 48.1 Å². The van der Waals surface area contributed by atoms with Crippen molar-refractivity contribution in [2.45, 2.75) is 57.8 Å². The number of carbonyl (C=O) groups excluding carboxylic acids is 3. The number of imidazole rings is 1. The fourth-order valence-corrected chi connectivity index (χ4v) is 7.62. The second-order valence-corrected chi connectivity index (χ2v) is 16.2. The molecule has 0 bridgehead atoms. The number of hydrogen-bond acceptors (Lipinski definition) is 17. The molecule has 3 unspecified atom stereocenters. The maximum Gasteiger partial charge on any atom is 0.481 e. The summed E-state index contributed by atoms with van der Waals surface area (Å²) in [5.74, 6) is -1.05. The van der Waals surface area contributed by atoms with Gasteiger partial charge in [-0.2, -0.15) is 4.31 Å². The topological polar surface area (TPSA) is 310 Å². The Morgan fingerprint density at radius 2 is 1.88 bits per heavy atom. The van der Waals surface area contributed by atoms with Gasteiger partial charge in [-0.3, -0.25) is 32.5 Å². The molecule has 7 atom stereocenters. The van der Waals surface area contributed by atoms with Crippen molar-refractivity contribution in [1.29, 1.82) is 0 Å². The summed E-state index contributed by atoms with van der Waals surface area (Å²) in [6.07, 6.45) is -4.94. The second-order valence-electron chi connectivity index (χ2n) is 11.7. The predicted octanol–water partition coefficient (Wildman–Crippen LogP) is 0.960. The van der Waals surface area contributed by atoms with E-state index in [1.54, 1.807) is 6.92 Å². The van der Waals surface area contributed by atoms with E-state index in [2.05, 4.69) is 31.5 Å². The molecular formula is C26H39N6O15P3S. The average Bonchev–Trinajstić information content (AvgIpc) is 3.61. The summed E-state index contributed by atoms with van der Waals surface area (Å²) in [5, 5.41) is 26.1. The number of aliphatic hydroxyl groups is 2. The van der Waals surface area contributed by atoms with E-state index in [1.807, 2.05) is 0 Å². The van der Waals surface area contributed by atoms with Crippen molar-refractivity contribution in [3.8, 4) is 0 Å². The number of nitrogen functional groups attached to an aromatic ring is 1. The van der Waals surface area contributed by atoms with E-state index in [4.69, 9.17) is 24.0 Å². The minimum absolute atomic E-state index is 0.151. The molecule has 21 nitrogen and oxygen atoms in total. The lowest BCUT2D eigenvalue weighted by Gasteiger charge is -2.30. The molecule has 0 radical (unpaired) electrons. The highest BCUT2D eigenvalue weighted by atomic mass is 32.2. The number of pyridine rings is 1. The van der Waals surface area contributed by atoms with Gasteiger partial charge >= 0.3 is 24.3 Å². The molecule has 2 aromatic rings. The van der Waals surface area contributed by atoms with E-state index in [0.717, 1.165) is 11.8 Å². The first-order chi connectivity index (χ1) is 23.8. The van der Waals surface area contributed by atoms with Crippen molar-refractivity contribution in [1.82, 2.24) is 25.2 Å². The Labute approximate surface area is 297 Å². The number of aromatic nitrogens is 3. The number of phosphoric acid groups is 2. The van der Waals surface area contributed by atoms with Gasteiger partial charge in [0, 0.05) is 36.9 Å². The molecule has 284 valence electrons. The van der Waals surface area contributed by atoms with Crippen LogP contribution in [-0.2, 0) is 50.7 Å². The van der Waals surface area contributed by atoms with Gasteiger partial charge in [-0.1, -0.05) is 32.2 Å². The van der Waals surface area contributed by atoms with Crippen LogP contribution in [0.5, 0.6) is 0 Å². The van der Waals surface area contributed by atoms with Gasteiger partial charge in [-0.15, -0.1) is 0 Å². The van der Waals surface area contributed by atoms with Gasteiger partial charge in [0.15, 0.2) is 11.9 Å². The Morgan fingerprint density at radius 1 is 1.20 bits per heavy atom. The molecular weight excluding hydrogens is 761 g/mol. The molecule has 1 fully saturated rings. The molecule has 0 spiro atoms. The number of nitrogens with zero attached hydrogens (tertiary/aromatic N) is 3. The van der Waals surface area contributed by atoms with Crippen molar-refractivity contribution in [3.63, 3.8) is 0 Å². The van der Waals surface area contributed by atoms with E-state index in [-0.39, 0.29) is 41.5 Å². The molecule has 1 aliphatic rings. The highest BCUT2D eigenvalue weighted by Gasteiger charge is 2.48. The largest absolute Gasteiger partial charge is 0.481 e. The quantitative estimate of drug-likeness (QED) is 0.0557. The van der Waals surface area contributed by atoms with Crippen LogP contribution in [-0.4, -0.2) is 108 Å². The van der Waals surface area contributed by atoms with Gasteiger partial charge in [0.05, 0.1) is 25.2 Å². The van der Waals surface area contributed by atoms with Crippen molar-refractivity contribution in [2.75, 3.05) is 37.8 Å². The summed E-state index contributed by atoms with van der Waals surface area (Å²) in [6, 6.07) is 1.50. The minimum atomic E-state index is -5.41. The zero-order valence-electron chi connectivity index (χ0n) is 27.5. The molecule has 1 aliphatic heterocycles. The number of phosphoric ester groups is 2. The van der Waals surface area contributed by atoms with Gasteiger partial charge in [-0.25, -0.2) is 23.7 Å². The Bertz CT molecular complexity index is 1700. The Balaban J connectivity index is 1.48. The van der Waals surface area contributed by atoms with Gasteiger partial charge in [0.1, 0.15) is 29.9 Å². The van der Waals surface area contributed by atoms with Crippen LogP contribution in [0.3, 0.4) is 0 Å². The first-order valence-corrected chi connectivity index (χ1v) is 19.6. The number of nitrogens with one attached hydrogen (secondary N) is 2.